The summed E-state index contributed by atoms with van der Waals surface area (Å²) in [5.74, 6) is 0. The molecule has 2 fully saturated rings. The molecular weight excluding hydrogens is 246 g/mol. The minimum atomic E-state index is -0.654. The normalized spacial score (nSPS) is 33.7. The van der Waals surface area contributed by atoms with Crippen LogP contribution in [0.5, 0.6) is 0 Å². The van der Waals surface area contributed by atoms with Crippen molar-refractivity contribution in [2.45, 2.75) is 43.4 Å². The highest BCUT2D eigenvalue weighted by atomic mass is 16.3. The Bertz CT molecular complexity index is 631. The molecule has 2 bridgehead atoms. The van der Waals surface area contributed by atoms with Gasteiger partial charge in [-0.05, 0) is 49.1 Å². The van der Waals surface area contributed by atoms with Gasteiger partial charge in [-0.2, -0.15) is 0 Å². The van der Waals surface area contributed by atoms with E-state index in [-0.39, 0.29) is 0 Å². The molecule has 2 aromatic rings. The Kier molecular flexibility index (Phi) is 2.66. The van der Waals surface area contributed by atoms with Crippen LogP contribution in [0.2, 0.25) is 0 Å². The highest BCUT2D eigenvalue weighted by Gasteiger charge is 2.47. The van der Waals surface area contributed by atoms with E-state index in [1.807, 2.05) is 0 Å². The van der Waals surface area contributed by atoms with E-state index in [1.54, 1.807) is 0 Å². The van der Waals surface area contributed by atoms with Crippen LogP contribution in [0.25, 0.3) is 10.8 Å². The first-order chi connectivity index (χ1) is 9.67. The Labute approximate surface area is 120 Å². The van der Waals surface area contributed by atoms with Gasteiger partial charge in [-0.15, -0.1) is 0 Å². The summed E-state index contributed by atoms with van der Waals surface area (Å²) in [5, 5.41) is 13.7. The van der Waals surface area contributed by atoms with Gasteiger partial charge in [0.25, 0.3) is 0 Å². The predicted molar refractivity (Wildman–Crippen MR) is 81.7 cm³/mol. The van der Waals surface area contributed by atoms with Gasteiger partial charge in [0.2, 0.25) is 0 Å². The van der Waals surface area contributed by atoms with Gasteiger partial charge in [-0.3, -0.25) is 0 Å². The third kappa shape index (κ3) is 1.72. The average molecular weight is 267 g/mol. The van der Waals surface area contributed by atoms with E-state index in [0.29, 0.717) is 12.1 Å². The first kappa shape index (κ1) is 12.4. The van der Waals surface area contributed by atoms with Crippen LogP contribution in [0.15, 0.2) is 42.5 Å². The van der Waals surface area contributed by atoms with Gasteiger partial charge in [0, 0.05) is 12.1 Å². The Balaban J connectivity index is 1.83. The third-order valence-corrected chi connectivity index (χ3v) is 5.42. The van der Waals surface area contributed by atoms with Crippen molar-refractivity contribution in [3.05, 3.63) is 48.0 Å². The second kappa shape index (κ2) is 4.31. The van der Waals surface area contributed by atoms with Crippen molar-refractivity contribution >= 4 is 10.8 Å². The summed E-state index contributed by atoms with van der Waals surface area (Å²) in [6.07, 6.45) is 4.20. The van der Waals surface area contributed by atoms with E-state index in [4.69, 9.17) is 0 Å². The van der Waals surface area contributed by atoms with E-state index in [0.717, 1.165) is 18.4 Å². The summed E-state index contributed by atoms with van der Waals surface area (Å²) in [6.45, 7) is 0. The summed E-state index contributed by atoms with van der Waals surface area (Å²) < 4.78 is 0. The molecule has 2 nitrogen and oxygen atoms in total. The van der Waals surface area contributed by atoms with Crippen molar-refractivity contribution in [1.82, 2.24) is 4.90 Å². The van der Waals surface area contributed by atoms with Crippen LogP contribution in [-0.2, 0) is 5.60 Å². The number of rotatable bonds is 1. The topological polar surface area (TPSA) is 23.5 Å². The number of nitrogens with zero attached hydrogens (tertiary/aromatic N) is 1. The average Bonchev–Trinajstić information content (AvgIpc) is 2.70. The lowest BCUT2D eigenvalue weighted by atomic mass is 9.79. The zero-order chi connectivity index (χ0) is 13.7. The minimum Gasteiger partial charge on any atom is -0.385 e. The molecular formula is C18H21NO. The summed E-state index contributed by atoms with van der Waals surface area (Å²) in [5.41, 5.74) is 0.472. The van der Waals surface area contributed by atoms with Crippen molar-refractivity contribution in [1.29, 1.82) is 0 Å². The quantitative estimate of drug-likeness (QED) is 0.857. The van der Waals surface area contributed by atoms with Crippen LogP contribution in [0, 0.1) is 0 Å². The standard InChI is InChI=1S/C18H21NO/c1-19-14-9-10-15(19)12-18(20,11-14)17-8-4-6-13-5-2-3-7-16(13)17/h2-8,14-15,20H,9-12H2,1H3. The fourth-order valence-corrected chi connectivity index (χ4v) is 4.30. The maximum absolute atomic E-state index is 11.3. The lowest BCUT2D eigenvalue weighted by molar-refractivity contribution is -0.0482. The SMILES string of the molecule is CN1C2CCC1CC(O)(c1cccc3ccccc13)C2. The van der Waals surface area contributed by atoms with E-state index in [9.17, 15) is 5.11 Å². The van der Waals surface area contributed by atoms with Crippen molar-refractivity contribution in [2.24, 2.45) is 0 Å². The van der Waals surface area contributed by atoms with Gasteiger partial charge in [-0.25, -0.2) is 0 Å². The molecule has 2 aliphatic heterocycles. The molecule has 104 valence electrons. The van der Waals surface area contributed by atoms with Crippen LogP contribution in [0.1, 0.15) is 31.2 Å². The Morgan fingerprint density at radius 1 is 1.00 bits per heavy atom. The molecule has 0 radical (unpaired) electrons. The van der Waals surface area contributed by atoms with Crippen LogP contribution >= 0.6 is 0 Å². The Morgan fingerprint density at radius 2 is 1.65 bits per heavy atom. The smallest absolute Gasteiger partial charge is 0.0932 e. The van der Waals surface area contributed by atoms with Crippen LogP contribution in [0.4, 0.5) is 0 Å². The maximum Gasteiger partial charge on any atom is 0.0932 e. The Morgan fingerprint density at radius 3 is 2.40 bits per heavy atom. The van der Waals surface area contributed by atoms with Gasteiger partial charge in [0.15, 0.2) is 0 Å². The van der Waals surface area contributed by atoms with Gasteiger partial charge >= 0.3 is 0 Å². The first-order valence-corrected chi connectivity index (χ1v) is 7.60. The highest BCUT2D eigenvalue weighted by molar-refractivity contribution is 5.86. The molecule has 0 spiro atoms. The molecule has 2 unspecified atom stereocenters. The maximum atomic E-state index is 11.3. The molecule has 0 amide bonds. The minimum absolute atomic E-state index is 0.540. The van der Waals surface area contributed by atoms with Crippen LogP contribution < -0.4 is 0 Å². The molecule has 0 saturated carbocycles. The molecule has 4 rings (SSSR count). The summed E-state index contributed by atoms with van der Waals surface area (Å²) in [4.78, 5) is 2.47. The predicted octanol–water partition coefficient (Wildman–Crippen LogP) is 3.28. The van der Waals surface area contributed by atoms with Gasteiger partial charge < -0.3 is 10.0 Å². The van der Waals surface area contributed by atoms with Crippen molar-refractivity contribution in [2.75, 3.05) is 7.05 Å². The summed E-state index contributed by atoms with van der Waals surface area (Å²) >= 11 is 0. The van der Waals surface area contributed by atoms with Crippen molar-refractivity contribution in [3.63, 3.8) is 0 Å². The second-order valence-corrected chi connectivity index (χ2v) is 6.52. The molecule has 2 heteroatoms. The van der Waals surface area contributed by atoms with Gasteiger partial charge in [0.1, 0.15) is 0 Å². The molecule has 0 aliphatic carbocycles. The molecule has 2 heterocycles. The fraction of sp³-hybridized carbons (Fsp3) is 0.444. The van der Waals surface area contributed by atoms with Crippen molar-refractivity contribution < 1.29 is 5.11 Å². The molecule has 2 saturated heterocycles. The number of hydrogen-bond acceptors (Lipinski definition) is 2. The van der Waals surface area contributed by atoms with E-state index < -0.39 is 5.60 Å². The summed E-state index contributed by atoms with van der Waals surface area (Å²) in [6, 6.07) is 15.8. The van der Waals surface area contributed by atoms with Crippen LogP contribution in [-0.4, -0.2) is 29.1 Å². The number of benzene rings is 2. The van der Waals surface area contributed by atoms with Crippen LogP contribution in [0.3, 0.4) is 0 Å². The highest BCUT2D eigenvalue weighted by Crippen LogP contribution is 2.46. The van der Waals surface area contributed by atoms with Gasteiger partial charge in [-0.1, -0.05) is 42.5 Å². The van der Waals surface area contributed by atoms with Gasteiger partial charge in [0.05, 0.1) is 5.60 Å². The molecule has 2 aromatic carbocycles. The second-order valence-electron chi connectivity index (χ2n) is 6.52. The molecule has 0 aromatic heterocycles. The number of aliphatic hydroxyl groups is 1. The Hall–Kier alpha value is -1.38. The largest absolute Gasteiger partial charge is 0.385 e. The molecule has 1 N–H and O–H groups in total. The number of hydrogen-bond donors (Lipinski definition) is 1. The molecule has 2 atom stereocenters. The van der Waals surface area contributed by atoms with E-state index >= 15 is 0 Å². The lowest BCUT2D eigenvalue weighted by Crippen LogP contribution is -2.47. The van der Waals surface area contributed by atoms with E-state index in [1.165, 1.54) is 23.6 Å². The zero-order valence-corrected chi connectivity index (χ0v) is 11.9. The number of piperidine rings is 1. The first-order valence-electron chi connectivity index (χ1n) is 7.60. The molecule has 20 heavy (non-hydrogen) atoms. The van der Waals surface area contributed by atoms with Crippen molar-refractivity contribution in [3.8, 4) is 0 Å². The lowest BCUT2D eigenvalue weighted by Gasteiger charge is -2.42. The number of fused-ring (bicyclic) bond motifs is 3. The third-order valence-electron chi connectivity index (χ3n) is 5.42. The monoisotopic (exact) mass is 267 g/mol. The zero-order valence-electron chi connectivity index (χ0n) is 11.9. The van der Waals surface area contributed by atoms with E-state index in [2.05, 4.69) is 54.4 Å². The summed E-state index contributed by atoms with van der Waals surface area (Å²) in [7, 11) is 2.21. The fourth-order valence-electron chi connectivity index (χ4n) is 4.30. The molecule has 2 aliphatic rings.